The smallest absolute Gasteiger partial charge is 0.339 e. The molecule has 1 aliphatic heterocycles. The number of benzene rings is 2. The first-order valence-electron chi connectivity index (χ1n) is 10.4. The van der Waals surface area contributed by atoms with Gasteiger partial charge in [-0.15, -0.1) is 0 Å². The van der Waals surface area contributed by atoms with Crippen molar-refractivity contribution in [2.24, 2.45) is 0 Å². The number of ether oxygens (including phenoxy) is 3. The van der Waals surface area contributed by atoms with Gasteiger partial charge in [0.25, 0.3) is 5.91 Å². The van der Waals surface area contributed by atoms with E-state index in [0.29, 0.717) is 36.6 Å². The minimum atomic E-state index is -0.446. The average molecular weight is 426 g/mol. The Hall–Kier alpha value is -3.02. The SMILES string of the molecule is COc1cc2c(cc1OC)CN(C(=O)COC(=O)c1c(C)c(C)c(C)c(C)c1C)CC2. The van der Waals surface area contributed by atoms with Gasteiger partial charge in [-0.05, 0) is 92.1 Å². The number of carbonyl (C=O) groups is 2. The summed E-state index contributed by atoms with van der Waals surface area (Å²) in [6.45, 7) is 10.7. The lowest BCUT2D eigenvalue weighted by molar-refractivity contribution is -0.135. The topological polar surface area (TPSA) is 65.1 Å². The number of rotatable bonds is 5. The van der Waals surface area contributed by atoms with Gasteiger partial charge in [0, 0.05) is 13.1 Å². The van der Waals surface area contributed by atoms with Gasteiger partial charge in [0.15, 0.2) is 18.1 Å². The molecule has 6 nitrogen and oxygen atoms in total. The third-order valence-electron chi connectivity index (χ3n) is 6.60. The van der Waals surface area contributed by atoms with Gasteiger partial charge in [-0.1, -0.05) is 0 Å². The summed E-state index contributed by atoms with van der Waals surface area (Å²) in [6, 6.07) is 3.87. The molecule has 0 radical (unpaired) electrons. The van der Waals surface area contributed by atoms with E-state index >= 15 is 0 Å². The second kappa shape index (κ2) is 9.00. The fourth-order valence-corrected chi connectivity index (χ4v) is 4.19. The summed E-state index contributed by atoms with van der Waals surface area (Å²) in [7, 11) is 3.20. The molecule has 0 N–H and O–H groups in total. The summed E-state index contributed by atoms with van der Waals surface area (Å²) in [5.41, 5.74) is 7.88. The molecule has 0 aromatic heterocycles. The summed E-state index contributed by atoms with van der Waals surface area (Å²) in [5.74, 6) is 0.672. The van der Waals surface area contributed by atoms with Crippen LogP contribution < -0.4 is 9.47 Å². The van der Waals surface area contributed by atoms with E-state index in [1.807, 2.05) is 39.8 Å². The van der Waals surface area contributed by atoms with Gasteiger partial charge in [-0.2, -0.15) is 0 Å². The lowest BCUT2D eigenvalue weighted by Gasteiger charge is -2.29. The Balaban J connectivity index is 1.71. The lowest BCUT2D eigenvalue weighted by atomic mass is 9.90. The van der Waals surface area contributed by atoms with Crippen molar-refractivity contribution in [1.82, 2.24) is 4.90 Å². The van der Waals surface area contributed by atoms with Crippen LogP contribution in [0.3, 0.4) is 0 Å². The van der Waals surface area contributed by atoms with Crippen molar-refractivity contribution in [3.8, 4) is 11.5 Å². The summed E-state index contributed by atoms with van der Waals surface area (Å²) in [4.78, 5) is 27.3. The molecule has 3 rings (SSSR count). The Morgan fingerprint density at radius 2 is 1.35 bits per heavy atom. The number of carbonyl (C=O) groups excluding carboxylic acids is 2. The van der Waals surface area contributed by atoms with E-state index < -0.39 is 5.97 Å². The quantitative estimate of drug-likeness (QED) is 0.678. The van der Waals surface area contributed by atoms with Crippen LogP contribution in [0.25, 0.3) is 0 Å². The summed E-state index contributed by atoms with van der Waals surface area (Å²) >= 11 is 0. The van der Waals surface area contributed by atoms with Crippen LogP contribution >= 0.6 is 0 Å². The van der Waals surface area contributed by atoms with E-state index in [-0.39, 0.29) is 12.5 Å². The van der Waals surface area contributed by atoms with E-state index in [4.69, 9.17) is 14.2 Å². The molecule has 1 aliphatic rings. The first-order valence-corrected chi connectivity index (χ1v) is 10.4. The van der Waals surface area contributed by atoms with Crippen LogP contribution in [0.15, 0.2) is 12.1 Å². The fraction of sp³-hybridized carbons (Fsp3) is 0.440. The Labute approximate surface area is 184 Å². The standard InChI is InChI=1S/C25H31NO5/c1-14-15(2)17(4)24(18(5)16(14)3)25(28)31-13-23(27)26-9-8-19-10-21(29-6)22(30-7)11-20(19)12-26/h10-11H,8-9,12-13H2,1-7H3. The molecule has 0 atom stereocenters. The Morgan fingerprint density at radius 1 is 0.839 bits per heavy atom. The fourth-order valence-electron chi connectivity index (χ4n) is 4.19. The molecule has 0 fully saturated rings. The molecule has 31 heavy (non-hydrogen) atoms. The van der Waals surface area contributed by atoms with Gasteiger partial charge in [0.05, 0.1) is 19.8 Å². The third kappa shape index (κ3) is 4.24. The maximum Gasteiger partial charge on any atom is 0.339 e. The van der Waals surface area contributed by atoms with Crippen LogP contribution in [0.2, 0.25) is 0 Å². The van der Waals surface area contributed by atoms with Crippen LogP contribution in [0.1, 0.15) is 49.3 Å². The van der Waals surface area contributed by atoms with Crippen LogP contribution in [0.4, 0.5) is 0 Å². The van der Waals surface area contributed by atoms with Crippen molar-refractivity contribution in [2.75, 3.05) is 27.4 Å². The zero-order chi connectivity index (χ0) is 22.9. The molecular formula is C25H31NO5. The van der Waals surface area contributed by atoms with E-state index in [0.717, 1.165) is 33.4 Å². The predicted octanol–water partition coefficient (Wildman–Crippen LogP) is 3.99. The Morgan fingerprint density at radius 3 is 1.90 bits per heavy atom. The van der Waals surface area contributed by atoms with E-state index in [9.17, 15) is 9.59 Å². The Kier molecular flexibility index (Phi) is 6.58. The number of esters is 1. The van der Waals surface area contributed by atoms with E-state index in [1.165, 1.54) is 5.56 Å². The number of hydrogen-bond donors (Lipinski definition) is 0. The first kappa shape index (κ1) is 22.7. The van der Waals surface area contributed by atoms with Crippen molar-refractivity contribution < 1.29 is 23.8 Å². The second-order valence-corrected chi connectivity index (χ2v) is 8.12. The highest BCUT2D eigenvalue weighted by molar-refractivity contribution is 5.95. The normalized spacial score (nSPS) is 12.9. The molecule has 166 valence electrons. The molecule has 2 aromatic rings. The van der Waals surface area contributed by atoms with Crippen LogP contribution in [-0.2, 0) is 22.5 Å². The van der Waals surface area contributed by atoms with Crippen LogP contribution in [0.5, 0.6) is 11.5 Å². The number of fused-ring (bicyclic) bond motifs is 1. The largest absolute Gasteiger partial charge is 0.493 e. The summed E-state index contributed by atoms with van der Waals surface area (Å²) in [6.07, 6.45) is 0.712. The minimum Gasteiger partial charge on any atom is -0.493 e. The number of methoxy groups -OCH3 is 2. The maximum absolute atomic E-state index is 12.8. The third-order valence-corrected chi connectivity index (χ3v) is 6.60. The first-order chi connectivity index (χ1) is 14.7. The monoisotopic (exact) mass is 425 g/mol. The highest BCUT2D eigenvalue weighted by Gasteiger charge is 2.25. The van der Waals surface area contributed by atoms with E-state index in [2.05, 4.69) is 6.92 Å². The van der Waals surface area contributed by atoms with Gasteiger partial charge in [0.1, 0.15) is 0 Å². The molecule has 6 heteroatoms. The number of hydrogen-bond acceptors (Lipinski definition) is 5. The summed E-state index contributed by atoms with van der Waals surface area (Å²) < 4.78 is 16.2. The van der Waals surface area contributed by atoms with Crippen molar-refractivity contribution in [3.63, 3.8) is 0 Å². The number of nitrogens with zero attached hydrogens (tertiary/aromatic N) is 1. The highest BCUT2D eigenvalue weighted by Crippen LogP contribution is 2.33. The highest BCUT2D eigenvalue weighted by atomic mass is 16.5. The molecule has 0 saturated heterocycles. The second-order valence-electron chi connectivity index (χ2n) is 8.12. The lowest BCUT2D eigenvalue weighted by Crippen LogP contribution is -2.38. The zero-order valence-corrected chi connectivity index (χ0v) is 19.5. The molecule has 0 saturated carbocycles. The Bertz CT molecular complexity index is 1010. The van der Waals surface area contributed by atoms with Crippen LogP contribution in [-0.4, -0.2) is 44.1 Å². The molecule has 0 spiro atoms. The van der Waals surface area contributed by atoms with Gasteiger partial charge < -0.3 is 19.1 Å². The van der Waals surface area contributed by atoms with E-state index in [1.54, 1.807) is 19.1 Å². The molecule has 0 bridgehead atoms. The molecule has 1 heterocycles. The molecular weight excluding hydrogens is 394 g/mol. The van der Waals surface area contributed by atoms with Gasteiger partial charge in [-0.3, -0.25) is 4.79 Å². The molecule has 1 amide bonds. The maximum atomic E-state index is 12.8. The molecule has 0 unspecified atom stereocenters. The van der Waals surface area contributed by atoms with Gasteiger partial charge in [-0.25, -0.2) is 4.79 Å². The van der Waals surface area contributed by atoms with Crippen molar-refractivity contribution >= 4 is 11.9 Å². The predicted molar refractivity (Wildman–Crippen MR) is 119 cm³/mol. The molecule has 0 aliphatic carbocycles. The van der Waals surface area contributed by atoms with Crippen molar-refractivity contribution in [3.05, 3.63) is 56.6 Å². The zero-order valence-electron chi connectivity index (χ0n) is 19.5. The average Bonchev–Trinajstić information content (AvgIpc) is 2.78. The van der Waals surface area contributed by atoms with Gasteiger partial charge >= 0.3 is 5.97 Å². The van der Waals surface area contributed by atoms with Gasteiger partial charge in [0.2, 0.25) is 0 Å². The van der Waals surface area contributed by atoms with Crippen LogP contribution in [0, 0.1) is 34.6 Å². The summed E-state index contributed by atoms with van der Waals surface area (Å²) in [5, 5.41) is 0. The number of amides is 1. The van der Waals surface area contributed by atoms with Crippen molar-refractivity contribution in [2.45, 2.75) is 47.6 Å². The van der Waals surface area contributed by atoms with Crippen molar-refractivity contribution in [1.29, 1.82) is 0 Å². The minimum absolute atomic E-state index is 0.204. The molecule has 2 aromatic carbocycles.